The molecule has 2 amide bonds. The molecule has 2 unspecified atom stereocenters. The van der Waals surface area contributed by atoms with Gasteiger partial charge < -0.3 is 10.6 Å². The Morgan fingerprint density at radius 3 is 2.52 bits per heavy atom. The molecule has 23 heavy (non-hydrogen) atoms. The first-order valence-corrected chi connectivity index (χ1v) is 6.58. The highest BCUT2D eigenvalue weighted by molar-refractivity contribution is 5.93. The number of amides is 2. The predicted octanol–water partition coefficient (Wildman–Crippen LogP) is 1.54. The minimum atomic E-state index is -4.43. The van der Waals surface area contributed by atoms with E-state index in [2.05, 4.69) is 20.7 Å². The van der Waals surface area contributed by atoms with Gasteiger partial charge in [-0.2, -0.15) is 13.2 Å². The molecule has 0 spiro atoms. The van der Waals surface area contributed by atoms with E-state index in [-0.39, 0.29) is 13.0 Å². The Bertz CT molecular complexity index is 653. The number of β-lactam (4-membered cyclic amide) rings is 1. The molecule has 1 aliphatic rings. The zero-order chi connectivity index (χ0) is 17.0. The number of rotatable bonds is 5. The van der Waals surface area contributed by atoms with Crippen molar-refractivity contribution in [3.63, 3.8) is 0 Å². The monoisotopic (exact) mass is 327 g/mol. The molecule has 0 aliphatic carbocycles. The van der Waals surface area contributed by atoms with Crippen LogP contribution in [-0.2, 0) is 22.2 Å². The summed E-state index contributed by atoms with van der Waals surface area (Å²) in [5.41, 5.74) is 7.82. The summed E-state index contributed by atoms with van der Waals surface area (Å²) in [6.45, 7) is 0.00741. The maximum absolute atomic E-state index is 12.4. The fourth-order valence-electron chi connectivity index (χ4n) is 2.11. The number of halogens is 3. The molecule has 1 aromatic carbocycles. The third kappa shape index (κ3) is 4.13. The second-order valence-corrected chi connectivity index (χ2v) is 4.95. The molecule has 0 aromatic heterocycles. The molecule has 10 heteroatoms. The number of azide groups is 1. The first kappa shape index (κ1) is 16.6. The summed E-state index contributed by atoms with van der Waals surface area (Å²) < 4.78 is 37.3. The van der Waals surface area contributed by atoms with Crippen molar-refractivity contribution in [2.75, 3.05) is 6.54 Å². The lowest BCUT2D eigenvalue weighted by molar-refractivity contribution is -0.137. The van der Waals surface area contributed by atoms with E-state index in [1.54, 1.807) is 0 Å². The number of hydrogen-bond acceptors (Lipinski definition) is 3. The maximum Gasteiger partial charge on any atom is 0.416 e. The van der Waals surface area contributed by atoms with Gasteiger partial charge in [-0.3, -0.25) is 9.59 Å². The van der Waals surface area contributed by atoms with Crippen LogP contribution in [0.25, 0.3) is 10.4 Å². The summed E-state index contributed by atoms with van der Waals surface area (Å²) >= 11 is 0. The molecule has 2 atom stereocenters. The molecule has 0 saturated carbocycles. The van der Waals surface area contributed by atoms with E-state index in [0.717, 1.165) is 12.1 Å². The van der Waals surface area contributed by atoms with Crippen LogP contribution in [-0.4, -0.2) is 30.4 Å². The van der Waals surface area contributed by atoms with Crippen molar-refractivity contribution in [2.24, 2.45) is 5.11 Å². The van der Waals surface area contributed by atoms with Crippen molar-refractivity contribution < 1.29 is 22.8 Å². The van der Waals surface area contributed by atoms with E-state index in [9.17, 15) is 22.8 Å². The van der Waals surface area contributed by atoms with Crippen molar-refractivity contribution in [1.29, 1.82) is 0 Å². The summed E-state index contributed by atoms with van der Waals surface area (Å²) in [6.07, 6.45) is -4.59. The van der Waals surface area contributed by atoms with Crippen LogP contribution in [0.2, 0.25) is 0 Å². The van der Waals surface area contributed by atoms with Gasteiger partial charge in [-0.25, -0.2) is 0 Å². The fourth-order valence-corrected chi connectivity index (χ4v) is 2.11. The van der Waals surface area contributed by atoms with Crippen LogP contribution in [0.1, 0.15) is 11.1 Å². The highest BCUT2D eigenvalue weighted by atomic mass is 19.4. The SMILES string of the molecule is [N-]=[N+]=NCC1NC(=O)C1NC(=O)Cc1ccc(C(F)(F)F)cc1. The van der Waals surface area contributed by atoms with Gasteiger partial charge >= 0.3 is 6.18 Å². The second-order valence-electron chi connectivity index (χ2n) is 4.95. The zero-order valence-electron chi connectivity index (χ0n) is 11.7. The lowest BCUT2D eigenvalue weighted by atomic mass is 9.98. The maximum atomic E-state index is 12.4. The van der Waals surface area contributed by atoms with Crippen LogP contribution in [0.4, 0.5) is 13.2 Å². The Kier molecular flexibility index (Phi) is 4.75. The summed E-state index contributed by atoms with van der Waals surface area (Å²) in [5, 5.41) is 8.25. The van der Waals surface area contributed by atoms with E-state index in [1.165, 1.54) is 12.1 Å². The Labute approximate surface area is 128 Å². The second kappa shape index (κ2) is 6.57. The van der Waals surface area contributed by atoms with Crippen LogP contribution >= 0.6 is 0 Å². The number of nitrogens with zero attached hydrogens (tertiary/aromatic N) is 3. The minimum Gasteiger partial charge on any atom is -0.349 e. The number of carbonyl (C=O) groups is 2. The molecule has 2 N–H and O–H groups in total. The molecule has 7 nitrogen and oxygen atoms in total. The Balaban J connectivity index is 1.92. The van der Waals surface area contributed by atoms with Crippen molar-refractivity contribution in [3.05, 3.63) is 45.8 Å². The molecule has 2 rings (SSSR count). The smallest absolute Gasteiger partial charge is 0.349 e. The van der Waals surface area contributed by atoms with Crippen LogP contribution in [0, 0.1) is 0 Å². The van der Waals surface area contributed by atoms with Crippen molar-refractivity contribution in [3.8, 4) is 0 Å². The topological polar surface area (TPSA) is 107 Å². The van der Waals surface area contributed by atoms with Crippen LogP contribution in [0.3, 0.4) is 0 Å². The zero-order valence-corrected chi connectivity index (χ0v) is 11.7. The summed E-state index contributed by atoms with van der Waals surface area (Å²) in [7, 11) is 0. The lowest BCUT2D eigenvalue weighted by Crippen LogP contribution is -2.70. The largest absolute Gasteiger partial charge is 0.416 e. The van der Waals surface area contributed by atoms with Gasteiger partial charge in [-0.1, -0.05) is 17.2 Å². The summed E-state index contributed by atoms with van der Waals surface area (Å²) in [4.78, 5) is 25.8. The first-order valence-electron chi connectivity index (χ1n) is 6.58. The molecule has 1 aliphatic heterocycles. The molecular weight excluding hydrogens is 315 g/mol. The number of alkyl halides is 3. The van der Waals surface area contributed by atoms with Gasteiger partial charge in [-0.05, 0) is 23.2 Å². The van der Waals surface area contributed by atoms with E-state index >= 15 is 0 Å². The third-order valence-electron chi connectivity index (χ3n) is 3.32. The van der Waals surface area contributed by atoms with Gasteiger partial charge in [-0.15, -0.1) is 0 Å². The van der Waals surface area contributed by atoms with E-state index in [4.69, 9.17) is 5.53 Å². The fraction of sp³-hybridized carbons (Fsp3) is 0.385. The highest BCUT2D eigenvalue weighted by Gasteiger charge is 2.39. The molecule has 122 valence electrons. The molecular formula is C13H12F3N5O2. The van der Waals surface area contributed by atoms with E-state index < -0.39 is 35.6 Å². The quantitative estimate of drug-likeness (QED) is 0.370. The van der Waals surface area contributed by atoms with Crippen molar-refractivity contribution in [1.82, 2.24) is 10.6 Å². The summed E-state index contributed by atoms with van der Waals surface area (Å²) in [6, 6.07) is 2.92. The molecule has 1 fully saturated rings. The predicted molar refractivity (Wildman–Crippen MR) is 73.0 cm³/mol. The van der Waals surface area contributed by atoms with Crippen LogP contribution < -0.4 is 10.6 Å². The summed E-state index contributed by atoms with van der Waals surface area (Å²) in [5.74, 6) is -0.903. The Morgan fingerprint density at radius 2 is 2.00 bits per heavy atom. The highest BCUT2D eigenvalue weighted by Crippen LogP contribution is 2.29. The van der Waals surface area contributed by atoms with Gasteiger partial charge in [0.05, 0.1) is 18.0 Å². The average Bonchev–Trinajstić information content (AvgIpc) is 2.48. The van der Waals surface area contributed by atoms with Gasteiger partial charge in [0.2, 0.25) is 11.8 Å². The minimum absolute atomic E-state index is 0.00741. The number of benzene rings is 1. The molecule has 1 saturated heterocycles. The Hall–Kier alpha value is -2.74. The Morgan fingerprint density at radius 1 is 1.35 bits per heavy atom. The van der Waals surface area contributed by atoms with Gasteiger partial charge in [0.1, 0.15) is 6.04 Å². The normalized spacial score (nSPS) is 20.0. The number of nitrogens with one attached hydrogen (secondary N) is 2. The van der Waals surface area contributed by atoms with Crippen LogP contribution in [0.5, 0.6) is 0 Å². The molecule has 0 bridgehead atoms. The number of hydrogen-bond donors (Lipinski definition) is 2. The standard InChI is InChI=1S/C13H12F3N5O2/c14-13(15,16)8-3-1-7(2-4-8)5-10(22)20-11-9(6-18-21-17)19-12(11)23/h1-4,9,11H,5-6H2,(H,19,23)(H,20,22). The molecule has 1 aromatic rings. The van der Waals surface area contributed by atoms with E-state index in [1.807, 2.05) is 0 Å². The third-order valence-corrected chi connectivity index (χ3v) is 3.32. The van der Waals surface area contributed by atoms with Gasteiger partial charge in [0, 0.05) is 11.5 Å². The van der Waals surface area contributed by atoms with Crippen molar-refractivity contribution >= 4 is 11.8 Å². The first-order chi connectivity index (χ1) is 10.8. The number of carbonyl (C=O) groups excluding carboxylic acids is 2. The average molecular weight is 327 g/mol. The van der Waals surface area contributed by atoms with Gasteiger partial charge in [0.25, 0.3) is 0 Å². The molecule has 1 heterocycles. The van der Waals surface area contributed by atoms with Crippen molar-refractivity contribution in [2.45, 2.75) is 24.7 Å². The van der Waals surface area contributed by atoms with Crippen LogP contribution in [0.15, 0.2) is 29.4 Å². The lowest BCUT2D eigenvalue weighted by Gasteiger charge is -2.36. The van der Waals surface area contributed by atoms with Gasteiger partial charge in [0.15, 0.2) is 0 Å². The molecule has 0 radical (unpaired) electrons. The van der Waals surface area contributed by atoms with E-state index in [0.29, 0.717) is 5.56 Å².